The number of hydrogen-bond donors (Lipinski definition) is 0. The predicted molar refractivity (Wildman–Crippen MR) is 111 cm³/mol. The molecule has 0 aliphatic carbocycles. The zero-order valence-electron chi connectivity index (χ0n) is 15.6. The number of carbonyl (C=O) groups excluding carboxylic acids is 1. The van der Waals surface area contributed by atoms with E-state index in [0.29, 0.717) is 26.1 Å². The van der Waals surface area contributed by atoms with E-state index in [1.165, 1.54) is 16.7 Å². The van der Waals surface area contributed by atoms with Gasteiger partial charge in [0.15, 0.2) is 0 Å². The van der Waals surface area contributed by atoms with Gasteiger partial charge in [0.2, 0.25) is 5.91 Å². The van der Waals surface area contributed by atoms with Crippen LogP contribution in [0.25, 0.3) is 0 Å². The van der Waals surface area contributed by atoms with Crippen molar-refractivity contribution in [3.63, 3.8) is 0 Å². The summed E-state index contributed by atoms with van der Waals surface area (Å²) in [6.45, 7) is 1.76. The second-order valence-electron chi connectivity index (χ2n) is 6.52. The normalized spacial score (nSPS) is 10.9. The molecule has 0 aliphatic heterocycles. The van der Waals surface area contributed by atoms with Crippen molar-refractivity contribution < 1.29 is 9.53 Å². The number of ether oxygens (including phenoxy) is 1. The number of hydrogen-bond acceptors (Lipinski definition) is 3. The standard InChI is InChI=1S/C23H25NO2S/c1-26-14-13-24(17-19-12-15-27-18-19)23(25)16-22(20-8-4-2-5-9-20)21-10-6-3-7-11-21/h2-12,15,18,22H,13-14,16-17H2,1H3. The van der Waals surface area contributed by atoms with Crippen molar-refractivity contribution in [2.75, 3.05) is 20.3 Å². The molecular weight excluding hydrogens is 354 g/mol. The first kappa shape index (κ1) is 19.3. The van der Waals surface area contributed by atoms with E-state index in [2.05, 4.69) is 35.7 Å². The van der Waals surface area contributed by atoms with Crippen LogP contribution in [0.3, 0.4) is 0 Å². The number of rotatable bonds is 9. The van der Waals surface area contributed by atoms with Gasteiger partial charge in [-0.15, -0.1) is 0 Å². The van der Waals surface area contributed by atoms with Crippen molar-refractivity contribution in [2.45, 2.75) is 18.9 Å². The molecule has 0 atom stereocenters. The zero-order valence-corrected chi connectivity index (χ0v) is 16.4. The van der Waals surface area contributed by atoms with Crippen LogP contribution in [-0.2, 0) is 16.1 Å². The third-order valence-electron chi connectivity index (χ3n) is 4.65. The molecule has 0 saturated carbocycles. The topological polar surface area (TPSA) is 29.5 Å². The van der Waals surface area contributed by atoms with Gasteiger partial charge in [0.05, 0.1) is 6.61 Å². The van der Waals surface area contributed by atoms with Crippen LogP contribution < -0.4 is 0 Å². The summed E-state index contributed by atoms with van der Waals surface area (Å²) in [4.78, 5) is 15.1. The summed E-state index contributed by atoms with van der Waals surface area (Å²) < 4.78 is 5.22. The highest BCUT2D eigenvalue weighted by Crippen LogP contribution is 2.29. The minimum atomic E-state index is 0.0485. The van der Waals surface area contributed by atoms with Gasteiger partial charge in [0.1, 0.15) is 0 Å². The fourth-order valence-electron chi connectivity index (χ4n) is 3.20. The Kier molecular flexibility index (Phi) is 7.19. The van der Waals surface area contributed by atoms with Gasteiger partial charge in [-0.25, -0.2) is 0 Å². The molecule has 140 valence electrons. The van der Waals surface area contributed by atoms with Crippen molar-refractivity contribution >= 4 is 17.2 Å². The number of benzene rings is 2. The summed E-state index contributed by atoms with van der Waals surface area (Å²) >= 11 is 1.66. The van der Waals surface area contributed by atoms with Gasteiger partial charge in [0.25, 0.3) is 0 Å². The molecule has 0 bridgehead atoms. The van der Waals surface area contributed by atoms with Gasteiger partial charge in [-0.05, 0) is 33.5 Å². The van der Waals surface area contributed by atoms with Crippen LogP contribution in [0.15, 0.2) is 77.5 Å². The molecule has 1 heterocycles. The number of amides is 1. The van der Waals surface area contributed by atoms with Crippen LogP contribution in [0.4, 0.5) is 0 Å². The minimum absolute atomic E-state index is 0.0485. The summed E-state index contributed by atoms with van der Waals surface area (Å²) in [7, 11) is 1.67. The van der Waals surface area contributed by atoms with E-state index in [-0.39, 0.29) is 11.8 Å². The van der Waals surface area contributed by atoms with Crippen molar-refractivity contribution in [3.8, 4) is 0 Å². The Balaban J connectivity index is 1.81. The summed E-state index contributed by atoms with van der Waals surface area (Å²) in [5.41, 5.74) is 3.50. The first-order chi connectivity index (χ1) is 13.3. The average molecular weight is 380 g/mol. The quantitative estimate of drug-likeness (QED) is 0.527. The molecule has 4 heteroatoms. The van der Waals surface area contributed by atoms with Gasteiger partial charge in [-0.2, -0.15) is 11.3 Å². The van der Waals surface area contributed by atoms with Crippen LogP contribution >= 0.6 is 11.3 Å². The third-order valence-corrected chi connectivity index (χ3v) is 5.39. The van der Waals surface area contributed by atoms with Crippen LogP contribution in [0.2, 0.25) is 0 Å². The molecule has 0 aliphatic rings. The lowest BCUT2D eigenvalue weighted by atomic mass is 9.88. The van der Waals surface area contributed by atoms with Crippen molar-refractivity contribution in [2.24, 2.45) is 0 Å². The molecule has 0 spiro atoms. The largest absolute Gasteiger partial charge is 0.383 e. The molecule has 2 aromatic carbocycles. The minimum Gasteiger partial charge on any atom is -0.383 e. The Morgan fingerprint density at radius 2 is 1.63 bits per heavy atom. The second kappa shape index (κ2) is 10.0. The van der Waals surface area contributed by atoms with E-state index in [9.17, 15) is 4.79 Å². The van der Waals surface area contributed by atoms with E-state index in [0.717, 1.165) is 0 Å². The maximum atomic E-state index is 13.2. The highest BCUT2D eigenvalue weighted by Gasteiger charge is 2.22. The van der Waals surface area contributed by atoms with Gasteiger partial charge in [-0.1, -0.05) is 60.7 Å². The molecule has 0 radical (unpaired) electrons. The number of nitrogens with zero attached hydrogens (tertiary/aromatic N) is 1. The smallest absolute Gasteiger partial charge is 0.223 e. The van der Waals surface area contributed by atoms with Crippen molar-refractivity contribution in [1.82, 2.24) is 4.90 Å². The number of carbonyl (C=O) groups is 1. The Bertz CT molecular complexity index is 763. The summed E-state index contributed by atoms with van der Waals surface area (Å²) in [6.07, 6.45) is 0.446. The first-order valence-corrected chi connectivity index (χ1v) is 10.1. The summed E-state index contributed by atoms with van der Waals surface area (Å²) in [6, 6.07) is 22.6. The monoisotopic (exact) mass is 379 g/mol. The molecule has 1 aromatic heterocycles. The fourth-order valence-corrected chi connectivity index (χ4v) is 3.86. The van der Waals surface area contributed by atoms with Gasteiger partial charge >= 0.3 is 0 Å². The lowest BCUT2D eigenvalue weighted by molar-refractivity contribution is -0.132. The SMILES string of the molecule is COCCN(Cc1ccsc1)C(=O)CC(c1ccccc1)c1ccccc1. The lowest BCUT2D eigenvalue weighted by Crippen LogP contribution is -2.34. The van der Waals surface area contributed by atoms with Gasteiger partial charge in [0, 0.05) is 32.5 Å². The van der Waals surface area contributed by atoms with Gasteiger partial charge < -0.3 is 9.64 Å². The lowest BCUT2D eigenvalue weighted by Gasteiger charge is -2.25. The van der Waals surface area contributed by atoms with Crippen LogP contribution in [0.5, 0.6) is 0 Å². The summed E-state index contributed by atoms with van der Waals surface area (Å²) in [5.74, 6) is 0.198. The number of thiophene rings is 1. The zero-order chi connectivity index (χ0) is 18.9. The predicted octanol–water partition coefficient (Wildman–Crippen LogP) is 4.95. The van der Waals surface area contributed by atoms with Crippen molar-refractivity contribution in [1.29, 1.82) is 0 Å². The Hall–Kier alpha value is -2.43. The highest BCUT2D eigenvalue weighted by atomic mass is 32.1. The Morgan fingerprint density at radius 3 is 2.15 bits per heavy atom. The maximum absolute atomic E-state index is 13.2. The molecule has 0 fully saturated rings. The Labute approximate surface area is 165 Å². The Morgan fingerprint density at radius 1 is 1.00 bits per heavy atom. The molecule has 0 N–H and O–H groups in total. The van der Waals surface area contributed by atoms with E-state index in [1.54, 1.807) is 18.4 Å². The average Bonchev–Trinajstić information content (AvgIpc) is 3.23. The highest BCUT2D eigenvalue weighted by molar-refractivity contribution is 7.07. The van der Waals surface area contributed by atoms with Crippen molar-refractivity contribution in [3.05, 3.63) is 94.2 Å². The van der Waals surface area contributed by atoms with E-state index >= 15 is 0 Å². The molecule has 0 unspecified atom stereocenters. The fraction of sp³-hybridized carbons (Fsp3) is 0.261. The molecule has 0 saturated heterocycles. The molecule has 3 rings (SSSR count). The maximum Gasteiger partial charge on any atom is 0.223 e. The van der Waals surface area contributed by atoms with Gasteiger partial charge in [-0.3, -0.25) is 4.79 Å². The molecule has 3 nitrogen and oxygen atoms in total. The van der Waals surface area contributed by atoms with Crippen LogP contribution in [0, 0.1) is 0 Å². The molecule has 27 heavy (non-hydrogen) atoms. The van der Waals surface area contributed by atoms with E-state index in [4.69, 9.17) is 4.74 Å². The molecular formula is C23H25NO2S. The van der Waals surface area contributed by atoms with E-state index in [1.807, 2.05) is 46.7 Å². The second-order valence-corrected chi connectivity index (χ2v) is 7.30. The molecule has 1 amide bonds. The van der Waals surface area contributed by atoms with Crippen LogP contribution in [0.1, 0.15) is 29.0 Å². The first-order valence-electron chi connectivity index (χ1n) is 9.15. The summed E-state index contributed by atoms with van der Waals surface area (Å²) in [5, 5.41) is 4.14. The van der Waals surface area contributed by atoms with Crippen LogP contribution in [-0.4, -0.2) is 31.1 Å². The molecule has 3 aromatic rings. The number of methoxy groups -OCH3 is 1. The third kappa shape index (κ3) is 5.52. The van der Waals surface area contributed by atoms with E-state index < -0.39 is 0 Å².